The van der Waals surface area contributed by atoms with Gasteiger partial charge >= 0.3 is 0 Å². The molecule has 0 saturated carbocycles. The summed E-state index contributed by atoms with van der Waals surface area (Å²) in [7, 11) is 0. The molecule has 2 heterocycles. The van der Waals surface area contributed by atoms with Gasteiger partial charge in [-0.2, -0.15) is 0 Å². The smallest absolute Gasteiger partial charge is 0.281 e. The molecule has 1 aliphatic carbocycles. The van der Waals surface area contributed by atoms with Crippen LogP contribution in [0.2, 0.25) is 0 Å². The van der Waals surface area contributed by atoms with Crippen LogP contribution < -0.4 is 15.8 Å². The molecule has 2 amide bonds. The zero-order valence-electron chi connectivity index (χ0n) is 13.7. The quantitative estimate of drug-likeness (QED) is 0.634. The van der Waals surface area contributed by atoms with E-state index in [2.05, 4.69) is 32.9 Å². The minimum Gasteiger partial charge on any atom is -0.378 e. The van der Waals surface area contributed by atoms with Crippen LogP contribution in [0.3, 0.4) is 0 Å². The number of hydrazine groups is 1. The average Bonchev–Trinajstić information content (AvgIpc) is 3.23. The third-order valence-corrected chi connectivity index (χ3v) is 5.37. The van der Waals surface area contributed by atoms with Crippen LogP contribution in [0.25, 0.3) is 0 Å². The molecule has 1 aromatic heterocycles. The Labute approximate surface area is 145 Å². The van der Waals surface area contributed by atoms with Gasteiger partial charge in [-0.1, -0.05) is 23.5 Å². The Hall–Kier alpha value is -1.93. The number of rotatable bonds is 4. The topological polar surface area (TPSA) is 83.6 Å². The standard InChI is InChI=1S/C16H22N4O3S/c1-11-14(24-16(17-11)20-6-8-23-9-7-20)15(22)19-18-13(21)10-12-4-2-3-5-12/h2,4,12H,3,5-10H2,1H3,(H,18,21)(H,19,22)/t12-/m0/s1. The second-order valence-corrected chi connectivity index (χ2v) is 6.96. The summed E-state index contributed by atoms with van der Waals surface area (Å²) in [6.07, 6.45) is 6.57. The molecule has 7 nitrogen and oxygen atoms in total. The molecular weight excluding hydrogens is 328 g/mol. The molecule has 0 spiro atoms. The summed E-state index contributed by atoms with van der Waals surface area (Å²) in [4.78, 5) is 31.3. The van der Waals surface area contributed by atoms with Crippen LogP contribution in [-0.2, 0) is 9.53 Å². The number of ether oxygens (including phenoxy) is 1. The van der Waals surface area contributed by atoms with Crippen LogP contribution in [0.1, 0.15) is 34.6 Å². The van der Waals surface area contributed by atoms with Gasteiger partial charge in [0.25, 0.3) is 5.91 Å². The minimum atomic E-state index is -0.320. The van der Waals surface area contributed by atoms with Gasteiger partial charge in [-0.15, -0.1) is 0 Å². The van der Waals surface area contributed by atoms with Crippen LogP contribution in [0, 0.1) is 12.8 Å². The summed E-state index contributed by atoms with van der Waals surface area (Å²) >= 11 is 1.34. The first-order valence-corrected chi connectivity index (χ1v) is 9.01. The predicted octanol–water partition coefficient (Wildman–Crippen LogP) is 1.41. The maximum Gasteiger partial charge on any atom is 0.281 e. The fraction of sp³-hybridized carbons (Fsp3) is 0.562. The van der Waals surface area contributed by atoms with E-state index in [4.69, 9.17) is 4.74 Å². The highest BCUT2D eigenvalue weighted by Gasteiger charge is 2.21. The van der Waals surface area contributed by atoms with Crippen molar-refractivity contribution in [2.75, 3.05) is 31.2 Å². The lowest BCUT2D eigenvalue weighted by Crippen LogP contribution is -2.42. The normalized spacial score (nSPS) is 20.2. The molecule has 1 saturated heterocycles. The van der Waals surface area contributed by atoms with Gasteiger partial charge in [-0.25, -0.2) is 4.98 Å². The van der Waals surface area contributed by atoms with Crippen molar-refractivity contribution < 1.29 is 14.3 Å². The molecule has 2 aliphatic rings. The van der Waals surface area contributed by atoms with E-state index in [0.29, 0.717) is 30.2 Å². The van der Waals surface area contributed by atoms with Crippen LogP contribution in [0.4, 0.5) is 5.13 Å². The molecular formula is C16H22N4O3S. The van der Waals surface area contributed by atoms with Crippen molar-refractivity contribution in [2.24, 2.45) is 5.92 Å². The minimum absolute atomic E-state index is 0.171. The predicted molar refractivity (Wildman–Crippen MR) is 92.0 cm³/mol. The lowest BCUT2D eigenvalue weighted by Gasteiger charge is -2.25. The van der Waals surface area contributed by atoms with Crippen molar-refractivity contribution in [1.82, 2.24) is 15.8 Å². The maximum atomic E-state index is 12.3. The Morgan fingerprint density at radius 2 is 2.17 bits per heavy atom. The van der Waals surface area contributed by atoms with Crippen LogP contribution >= 0.6 is 11.3 Å². The number of thiazole rings is 1. The van der Waals surface area contributed by atoms with E-state index in [0.717, 1.165) is 31.1 Å². The van der Waals surface area contributed by atoms with Crippen LogP contribution in [0.15, 0.2) is 12.2 Å². The van der Waals surface area contributed by atoms with E-state index >= 15 is 0 Å². The number of morpholine rings is 1. The number of hydrogen-bond acceptors (Lipinski definition) is 6. The van der Waals surface area contributed by atoms with Crippen molar-refractivity contribution >= 4 is 28.3 Å². The van der Waals surface area contributed by atoms with Crippen LogP contribution in [0.5, 0.6) is 0 Å². The van der Waals surface area contributed by atoms with Crippen molar-refractivity contribution in [3.05, 3.63) is 22.7 Å². The van der Waals surface area contributed by atoms with Crippen molar-refractivity contribution in [3.8, 4) is 0 Å². The van der Waals surface area contributed by atoms with Gasteiger partial charge in [0.1, 0.15) is 4.88 Å². The van der Waals surface area contributed by atoms with E-state index < -0.39 is 0 Å². The summed E-state index contributed by atoms with van der Waals surface area (Å²) in [6.45, 7) is 4.71. The number of anilines is 1. The highest BCUT2D eigenvalue weighted by atomic mass is 32.1. The maximum absolute atomic E-state index is 12.3. The summed E-state index contributed by atoms with van der Waals surface area (Å²) < 4.78 is 5.33. The van der Waals surface area contributed by atoms with Crippen molar-refractivity contribution in [1.29, 1.82) is 0 Å². The third-order valence-electron chi connectivity index (χ3n) is 4.15. The van der Waals surface area contributed by atoms with E-state index in [1.54, 1.807) is 6.92 Å². The fourth-order valence-corrected chi connectivity index (χ4v) is 3.83. The number of hydrogen-bond donors (Lipinski definition) is 2. The zero-order valence-corrected chi connectivity index (χ0v) is 14.5. The van der Waals surface area contributed by atoms with Crippen molar-refractivity contribution in [3.63, 3.8) is 0 Å². The highest BCUT2D eigenvalue weighted by Crippen LogP contribution is 2.26. The van der Waals surface area contributed by atoms with Crippen molar-refractivity contribution in [2.45, 2.75) is 26.2 Å². The summed E-state index contributed by atoms with van der Waals surface area (Å²) in [5.41, 5.74) is 5.66. The Balaban J connectivity index is 1.53. The lowest BCUT2D eigenvalue weighted by molar-refractivity contribution is -0.122. The first kappa shape index (κ1) is 16.9. The number of amides is 2. The van der Waals surface area contributed by atoms with Crippen LogP contribution in [-0.4, -0.2) is 43.1 Å². The Bertz CT molecular complexity index is 637. The molecule has 1 atom stereocenters. The summed E-state index contributed by atoms with van der Waals surface area (Å²) in [5, 5.41) is 0.823. The van der Waals surface area contributed by atoms with E-state index in [-0.39, 0.29) is 17.7 Å². The van der Waals surface area contributed by atoms with Gasteiger partial charge in [-0.3, -0.25) is 20.4 Å². The molecule has 0 radical (unpaired) electrons. The molecule has 0 unspecified atom stereocenters. The number of carbonyl (C=O) groups excluding carboxylic acids is 2. The van der Waals surface area contributed by atoms with Gasteiger partial charge in [0.05, 0.1) is 18.9 Å². The van der Waals surface area contributed by atoms with E-state index in [1.165, 1.54) is 11.3 Å². The Morgan fingerprint density at radius 1 is 1.38 bits per heavy atom. The van der Waals surface area contributed by atoms with E-state index in [9.17, 15) is 9.59 Å². The number of nitrogens with one attached hydrogen (secondary N) is 2. The third kappa shape index (κ3) is 4.12. The summed E-state index contributed by atoms with van der Waals surface area (Å²) in [5.74, 6) is -0.213. The van der Waals surface area contributed by atoms with Gasteiger partial charge in [0, 0.05) is 19.5 Å². The van der Waals surface area contributed by atoms with Gasteiger partial charge in [-0.05, 0) is 25.7 Å². The van der Waals surface area contributed by atoms with Gasteiger partial charge in [0.15, 0.2) is 5.13 Å². The van der Waals surface area contributed by atoms with E-state index in [1.807, 2.05) is 0 Å². The average molecular weight is 350 g/mol. The second kappa shape index (κ2) is 7.76. The lowest BCUT2D eigenvalue weighted by atomic mass is 10.1. The molecule has 3 rings (SSSR count). The molecule has 2 N–H and O–H groups in total. The SMILES string of the molecule is Cc1nc(N2CCOCC2)sc1C(=O)NNC(=O)C[C@H]1C=CCC1. The Kier molecular flexibility index (Phi) is 5.47. The number of allylic oxidation sites excluding steroid dienone is 2. The number of carbonyl (C=O) groups is 2. The molecule has 1 aliphatic heterocycles. The molecule has 130 valence electrons. The zero-order chi connectivity index (χ0) is 16.9. The van der Waals surface area contributed by atoms with Gasteiger partial charge in [0.2, 0.25) is 5.91 Å². The highest BCUT2D eigenvalue weighted by molar-refractivity contribution is 7.17. The largest absolute Gasteiger partial charge is 0.378 e. The molecule has 0 aromatic carbocycles. The number of aromatic nitrogens is 1. The molecule has 1 aromatic rings. The Morgan fingerprint density at radius 3 is 2.88 bits per heavy atom. The fourth-order valence-electron chi connectivity index (χ4n) is 2.82. The molecule has 1 fully saturated rings. The first-order valence-electron chi connectivity index (χ1n) is 8.19. The second-order valence-electron chi connectivity index (χ2n) is 5.98. The number of aryl methyl sites for hydroxylation is 1. The monoisotopic (exact) mass is 350 g/mol. The molecule has 24 heavy (non-hydrogen) atoms. The van der Waals surface area contributed by atoms with Gasteiger partial charge < -0.3 is 9.64 Å². The summed E-state index contributed by atoms with van der Waals surface area (Å²) in [6, 6.07) is 0. The number of nitrogens with zero attached hydrogens (tertiary/aromatic N) is 2. The molecule has 8 heteroatoms. The first-order chi connectivity index (χ1) is 11.6. The molecule has 0 bridgehead atoms.